The van der Waals surface area contributed by atoms with Crippen molar-refractivity contribution in [2.45, 2.75) is 12.8 Å². The van der Waals surface area contributed by atoms with Crippen LogP contribution in [0.4, 0.5) is 11.4 Å². The van der Waals surface area contributed by atoms with E-state index in [1.807, 2.05) is 60.7 Å². The number of rotatable bonds is 10. The van der Waals surface area contributed by atoms with Crippen LogP contribution in [0.15, 0.2) is 107 Å². The van der Waals surface area contributed by atoms with Crippen molar-refractivity contribution in [1.82, 2.24) is 5.32 Å². The van der Waals surface area contributed by atoms with E-state index in [0.29, 0.717) is 32.5 Å². The maximum Gasteiger partial charge on any atom is 0.336 e. The predicted octanol–water partition coefficient (Wildman–Crippen LogP) is 6.32. The summed E-state index contributed by atoms with van der Waals surface area (Å²) >= 11 is 7.34. The molecular formula is C31H28ClN3O4S. The summed E-state index contributed by atoms with van der Waals surface area (Å²) in [6, 6.07) is 28.1. The predicted molar refractivity (Wildman–Crippen MR) is 158 cm³/mol. The number of benzene rings is 3. The number of amides is 1. The number of thioether (sulfide) groups is 1. The SMILES string of the molecule is COCCOC(=O)C1=C(C)NC(SCC(=O)N(c2ccccc2)c2ccccc2)=C(C#N)[C@@H]1c1ccc(Cl)cc1. The van der Waals surface area contributed by atoms with Gasteiger partial charge in [0.2, 0.25) is 5.91 Å². The van der Waals surface area contributed by atoms with Crippen LogP contribution in [0.5, 0.6) is 0 Å². The summed E-state index contributed by atoms with van der Waals surface area (Å²) in [7, 11) is 1.52. The number of para-hydroxylation sites is 2. The highest BCUT2D eigenvalue weighted by atomic mass is 35.5. The molecule has 9 heteroatoms. The lowest BCUT2D eigenvalue weighted by molar-refractivity contribution is -0.140. The van der Waals surface area contributed by atoms with Gasteiger partial charge in [0.1, 0.15) is 6.61 Å². The van der Waals surface area contributed by atoms with Gasteiger partial charge in [-0.05, 0) is 48.9 Å². The summed E-state index contributed by atoms with van der Waals surface area (Å²) < 4.78 is 10.4. The molecule has 0 aliphatic carbocycles. The van der Waals surface area contributed by atoms with Gasteiger partial charge in [-0.3, -0.25) is 9.69 Å². The number of ether oxygens (including phenoxy) is 2. The third-order valence-electron chi connectivity index (χ3n) is 6.21. The summed E-state index contributed by atoms with van der Waals surface area (Å²) in [5.74, 6) is -1.36. The number of anilines is 2. The Balaban J connectivity index is 1.66. The minimum absolute atomic E-state index is 0.0472. The molecule has 3 aromatic rings. The molecule has 40 heavy (non-hydrogen) atoms. The second-order valence-electron chi connectivity index (χ2n) is 8.82. The largest absolute Gasteiger partial charge is 0.460 e. The van der Waals surface area contributed by atoms with E-state index in [1.165, 1.54) is 18.9 Å². The first-order valence-electron chi connectivity index (χ1n) is 12.5. The summed E-state index contributed by atoms with van der Waals surface area (Å²) in [5, 5.41) is 14.5. The molecule has 0 saturated heterocycles. The van der Waals surface area contributed by atoms with E-state index in [4.69, 9.17) is 21.1 Å². The zero-order valence-corrected chi connectivity index (χ0v) is 23.7. The van der Waals surface area contributed by atoms with Crippen molar-refractivity contribution in [2.24, 2.45) is 0 Å². The summed E-state index contributed by atoms with van der Waals surface area (Å²) in [5.41, 5.74) is 3.36. The van der Waals surface area contributed by atoms with Crippen LogP contribution in [-0.2, 0) is 19.1 Å². The molecule has 4 rings (SSSR count). The first kappa shape index (κ1) is 29.0. The molecule has 204 valence electrons. The van der Waals surface area contributed by atoms with Crippen LogP contribution in [0.2, 0.25) is 5.02 Å². The van der Waals surface area contributed by atoms with Gasteiger partial charge in [-0.15, -0.1) is 0 Å². The molecule has 7 nitrogen and oxygen atoms in total. The van der Waals surface area contributed by atoms with Crippen LogP contribution in [0.1, 0.15) is 18.4 Å². The molecule has 3 aromatic carbocycles. The topological polar surface area (TPSA) is 91.7 Å². The van der Waals surface area contributed by atoms with Crippen LogP contribution in [0, 0.1) is 11.3 Å². The van der Waals surface area contributed by atoms with Gasteiger partial charge in [0, 0.05) is 29.2 Å². The van der Waals surface area contributed by atoms with E-state index < -0.39 is 11.9 Å². The molecule has 0 unspecified atom stereocenters. The van der Waals surface area contributed by atoms with Gasteiger partial charge in [0.25, 0.3) is 0 Å². The van der Waals surface area contributed by atoms with Gasteiger partial charge in [0.15, 0.2) is 0 Å². The zero-order chi connectivity index (χ0) is 28.5. The van der Waals surface area contributed by atoms with Gasteiger partial charge in [0.05, 0.1) is 40.5 Å². The number of methoxy groups -OCH3 is 1. The average molecular weight is 574 g/mol. The Bertz CT molecular complexity index is 1410. The highest BCUT2D eigenvalue weighted by Gasteiger charge is 2.36. The summed E-state index contributed by atoms with van der Waals surface area (Å²) in [6.45, 7) is 2.09. The standard InChI is InChI=1S/C31H28ClN3O4S/c1-21-28(31(37)39-18-17-38-2)29(22-13-15-23(32)16-14-22)26(19-33)30(34-21)40-20-27(36)35(24-9-5-3-6-10-24)25-11-7-4-8-12-25/h3-16,29,34H,17-18,20H2,1-2H3/t29-/m0/s1. The molecule has 1 amide bonds. The highest BCUT2D eigenvalue weighted by molar-refractivity contribution is 8.03. The Morgan fingerprint density at radius 1 is 0.975 bits per heavy atom. The Morgan fingerprint density at radius 3 is 2.12 bits per heavy atom. The molecule has 0 aromatic heterocycles. The number of dihydropyridines is 1. The lowest BCUT2D eigenvalue weighted by Gasteiger charge is -2.30. The van der Waals surface area contributed by atoms with E-state index in [9.17, 15) is 14.9 Å². The van der Waals surface area contributed by atoms with Gasteiger partial charge >= 0.3 is 5.97 Å². The molecule has 1 aliphatic heterocycles. The van der Waals surface area contributed by atoms with E-state index in [-0.39, 0.29) is 24.9 Å². The van der Waals surface area contributed by atoms with Gasteiger partial charge in [-0.25, -0.2) is 4.79 Å². The normalized spacial score (nSPS) is 14.8. The number of carbonyl (C=O) groups excluding carboxylic acids is 2. The fourth-order valence-corrected chi connectivity index (χ4v) is 5.44. The number of nitrogens with one attached hydrogen (secondary N) is 1. The first-order chi connectivity index (χ1) is 19.4. The quantitative estimate of drug-likeness (QED) is 0.224. The fourth-order valence-electron chi connectivity index (χ4n) is 4.37. The summed E-state index contributed by atoms with van der Waals surface area (Å²) in [6.07, 6.45) is 0. The van der Waals surface area contributed by atoms with Crippen molar-refractivity contribution in [3.8, 4) is 6.07 Å². The minimum Gasteiger partial charge on any atom is -0.460 e. The molecule has 0 bridgehead atoms. The van der Waals surface area contributed by atoms with E-state index >= 15 is 0 Å². The number of carbonyl (C=O) groups is 2. The maximum absolute atomic E-state index is 13.6. The molecule has 0 saturated carbocycles. The van der Waals surface area contributed by atoms with Crippen LogP contribution >= 0.6 is 23.4 Å². The van der Waals surface area contributed by atoms with Crippen molar-refractivity contribution >= 4 is 46.6 Å². The number of allylic oxidation sites excluding steroid dienone is 2. The second-order valence-corrected chi connectivity index (χ2v) is 10.2. The Morgan fingerprint density at radius 2 is 1.57 bits per heavy atom. The smallest absolute Gasteiger partial charge is 0.336 e. The van der Waals surface area contributed by atoms with Gasteiger partial charge < -0.3 is 14.8 Å². The van der Waals surface area contributed by atoms with Crippen molar-refractivity contribution in [2.75, 3.05) is 31.0 Å². The van der Waals surface area contributed by atoms with Gasteiger partial charge in [-0.1, -0.05) is 71.9 Å². The molecule has 1 aliphatic rings. The molecule has 1 atom stereocenters. The van der Waals surface area contributed by atoms with E-state index in [2.05, 4.69) is 11.4 Å². The molecule has 1 N–H and O–H groups in total. The van der Waals surface area contributed by atoms with Crippen LogP contribution in [-0.4, -0.2) is 38.0 Å². The monoisotopic (exact) mass is 573 g/mol. The molecular weight excluding hydrogens is 546 g/mol. The number of esters is 1. The number of hydrogen-bond acceptors (Lipinski definition) is 7. The first-order valence-corrected chi connectivity index (χ1v) is 13.9. The van der Waals surface area contributed by atoms with Crippen molar-refractivity contribution in [1.29, 1.82) is 5.26 Å². The molecule has 0 fully saturated rings. The number of hydrogen-bond donors (Lipinski definition) is 1. The Labute approximate surface area is 243 Å². The fraction of sp³-hybridized carbons (Fsp3) is 0.194. The second kappa shape index (κ2) is 13.9. The minimum atomic E-state index is -0.699. The number of nitriles is 1. The van der Waals surface area contributed by atoms with Crippen molar-refractivity contribution in [3.05, 3.63) is 117 Å². The van der Waals surface area contributed by atoms with Gasteiger partial charge in [-0.2, -0.15) is 5.26 Å². The molecule has 0 spiro atoms. The highest BCUT2D eigenvalue weighted by Crippen LogP contribution is 2.41. The Kier molecular flexibility index (Phi) is 10.0. The average Bonchev–Trinajstić information content (AvgIpc) is 2.97. The van der Waals surface area contributed by atoms with Crippen LogP contribution < -0.4 is 10.2 Å². The Hall–Kier alpha value is -4.03. The molecule has 1 heterocycles. The van der Waals surface area contributed by atoms with Crippen LogP contribution in [0.25, 0.3) is 0 Å². The van der Waals surface area contributed by atoms with Crippen LogP contribution in [0.3, 0.4) is 0 Å². The maximum atomic E-state index is 13.6. The lowest BCUT2D eigenvalue weighted by atomic mass is 9.82. The third kappa shape index (κ3) is 6.75. The summed E-state index contributed by atoms with van der Waals surface area (Å²) in [4.78, 5) is 28.5. The number of halogens is 1. The van der Waals surface area contributed by atoms with Crippen molar-refractivity contribution < 1.29 is 19.1 Å². The third-order valence-corrected chi connectivity index (χ3v) is 7.46. The number of nitrogens with zero attached hydrogens (tertiary/aromatic N) is 2. The molecule has 0 radical (unpaired) electrons. The lowest BCUT2D eigenvalue weighted by Crippen LogP contribution is -2.31. The van der Waals surface area contributed by atoms with E-state index in [0.717, 1.165) is 11.4 Å². The van der Waals surface area contributed by atoms with Crippen molar-refractivity contribution in [3.63, 3.8) is 0 Å². The zero-order valence-electron chi connectivity index (χ0n) is 22.1. The van der Waals surface area contributed by atoms with E-state index in [1.54, 1.807) is 36.1 Å².